The highest BCUT2D eigenvalue weighted by atomic mass is 16.6. The molecule has 0 radical (unpaired) electrons. The molecular formula is C14H20N2O4. The van der Waals surface area contributed by atoms with Crippen molar-refractivity contribution in [3.63, 3.8) is 0 Å². The van der Waals surface area contributed by atoms with E-state index in [1.54, 1.807) is 18.2 Å². The lowest BCUT2D eigenvalue weighted by Gasteiger charge is -2.24. The van der Waals surface area contributed by atoms with E-state index in [-0.39, 0.29) is 22.8 Å². The zero-order valence-corrected chi connectivity index (χ0v) is 11.8. The van der Waals surface area contributed by atoms with Crippen LogP contribution in [0.5, 0.6) is 5.75 Å². The Bertz CT molecular complexity index is 470. The van der Waals surface area contributed by atoms with Crippen molar-refractivity contribution < 1.29 is 14.4 Å². The third kappa shape index (κ3) is 3.60. The number of hydrogen-bond donors (Lipinski definition) is 1. The van der Waals surface area contributed by atoms with Crippen molar-refractivity contribution in [2.24, 2.45) is 0 Å². The smallest absolute Gasteiger partial charge is 0.333 e. The number of nitro groups is 1. The Kier molecular flexibility index (Phi) is 4.79. The Morgan fingerprint density at radius 3 is 2.70 bits per heavy atom. The molecule has 1 fully saturated rings. The number of benzene rings is 1. The Hall–Kier alpha value is -1.82. The Labute approximate surface area is 118 Å². The molecule has 0 unspecified atom stereocenters. The molecule has 1 aliphatic rings. The number of rotatable bonds is 5. The van der Waals surface area contributed by atoms with E-state index in [0.29, 0.717) is 24.7 Å². The van der Waals surface area contributed by atoms with E-state index in [4.69, 9.17) is 9.47 Å². The van der Waals surface area contributed by atoms with Crippen molar-refractivity contribution in [3.8, 4) is 5.75 Å². The zero-order chi connectivity index (χ0) is 14.5. The minimum Gasteiger partial charge on any atom is -0.484 e. The van der Waals surface area contributed by atoms with Crippen LogP contribution in [0.2, 0.25) is 0 Å². The lowest BCUT2D eigenvalue weighted by Crippen LogP contribution is -2.28. The van der Waals surface area contributed by atoms with Crippen molar-refractivity contribution in [2.45, 2.75) is 38.8 Å². The molecule has 0 atom stereocenters. The number of ether oxygens (including phenoxy) is 2. The first-order valence-electron chi connectivity index (χ1n) is 6.86. The van der Waals surface area contributed by atoms with Gasteiger partial charge < -0.3 is 14.8 Å². The molecule has 1 aromatic rings. The largest absolute Gasteiger partial charge is 0.484 e. The van der Waals surface area contributed by atoms with E-state index in [1.165, 1.54) is 0 Å². The van der Waals surface area contributed by atoms with Crippen LogP contribution >= 0.6 is 0 Å². The highest BCUT2D eigenvalue weighted by molar-refractivity contribution is 5.68. The predicted octanol–water partition coefficient (Wildman–Crippen LogP) is 2.97. The van der Waals surface area contributed by atoms with Gasteiger partial charge in [0.2, 0.25) is 0 Å². The summed E-state index contributed by atoms with van der Waals surface area (Å²) in [5.41, 5.74) is 0.521. The first kappa shape index (κ1) is 14.6. The summed E-state index contributed by atoms with van der Waals surface area (Å²) < 4.78 is 10.8. The highest BCUT2D eigenvalue weighted by Gasteiger charge is 2.24. The molecule has 0 bridgehead atoms. The molecule has 1 N–H and O–H groups in total. The maximum absolute atomic E-state index is 11.3. The van der Waals surface area contributed by atoms with Gasteiger partial charge in [-0.1, -0.05) is 6.07 Å². The van der Waals surface area contributed by atoms with Gasteiger partial charge in [-0.05, 0) is 38.8 Å². The van der Waals surface area contributed by atoms with Crippen molar-refractivity contribution in [2.75, 3.05) is 18.5 Å². The minimum absolute atomic E-state index is 0.00712. The molecule has 6 nitrogen and oxygen atoms in total. The monoisotopic (exact) mass is 280 g/mol. The van der Waals surface area contributed by atoms with Gasteiger partial charge in [0.1, 0.15) is 5.69 Å². The van der Waals surface area contributed by atoms with Crippen molar-refractivity contribution >= 4 is 11.4 Å². The summed E-state index contributed by atoms with van der Waals surface area (Å²) in [6.45, 7) is 5.08. The van der Waals surface area contributed by atoms with Gasteiger partial charge in [-0.25, -0.2) is 0 Å². The molecule has 20 heavy (non-hydrogen) atoms. The van der Waals surface area contributed by atoms with E-state index in [2.05, 4.69) is 5.32 Å². The van der Waals surface area contributed by atoms with Gasteiger partial charge in [0, 0.05) is 19.3 Å². The summed E-state index contributed by atoms with van der Waals surface area (Å²) >= 11 is 0. The zero-order valence-electron chi connectivity index (χ0n) is 11.8. The molecule has 0 aliphatic carbocycles. The second-order valence-corrected chi connectivity index (χ2v) is 5.11. The van der Waals surface area contributed by atoms with Crippen LogP contribution in [-0.2, 0) is 4.74 Å². The molecule has 1 aliphatic heterocycles. The first-order chi connectivity index (χ1) is 9.58. The van der Waals surface area contributed by atoms with Crippen molar-refractivity contribution in [3.05, 3.63) is 28.3 Å². The molecular weight excluding hydrogens is 260 g/mol. The van der Waals surface area contributed by atoms with Crippen LogP contribution in [0.3, 0.4) is 0 Å². The third-order valence-corrected chi connectivity index (χ3v) is 3.13. The van der Waals surface area contributed by atoms with Crippen molar-refractivity contribution in [1.29, 1.82) is 0 Å². The minimum atomic E-state index is -0.390. The van der Waals surface area contributed by atoms with Crippen molar-refractivity contribution in [1.82, 2.24) is 0 Å². The van der Waals surface area contributed by atoms with Crippen LogP contribution in [0, 0.1) is 10.1 Å². The number of hydrogen-bond acceptors (Lipinski definition) is 5. The quantitative estimate of drug-likeness (QED) is 0.663. The summed E-state index contributed by atoms with van der Waals surface area (Å²) in [6.07, 6.45) is 1.60. The molecule has 0 amide bonds. The van der Waals surface area contributed by atoms with Crippen LogP contribution < -0.4 is 10.1 Å². The van der Waals surface area contributed by atoms with Gasteiger partial charge in [0.05, 0.1) is 11.0 Å². The van der Waals surface area contributed by atoms with E-state index >= 15 is 0 Å². The molecule has 110 valence electrons. The van der Waals surface area contributed by atoms with Gasteiger partial charge >= 0.3 is 5.69 Å². The standard InChI is InChI=1S/C14H20N2O4/c1-10(2)20-13-5-3-4-12(14(13)16(17)18)15-11-6-8-19-9-7-11/h3-5,10-11,15H,6-9H2,1-2H3. The van der Waals surface area contributed by atoms with Gasteiger partial charge in [-0.15, -0.1) is 0 Å². The molecule has 0 saturated carbocycles. The number of nitrogens with zero attached hydrogens (tertiary/aromatic N) is 1. The summed E-state index contributed by atoms with van der Waals surface area (Å²) in [5.74, 6) is 0.307. The van der Waals surface area contributed by atoms with Crippen LogP contribution in [0.4, 0.5) is 11.4 Å². The Morgan fingerprint density at radius 2 is 2.10 bits per heavy atom. The fourth-order valence-corrected chi connectivity index (χ4v) is 2.24. The molecule has 6 heteroatoms. The number of anilines is 1. The fraction of sp³-hybridized carbons (Fsp3) is 0.571. The molecule has 1 saturated heterocycles. The van der Waals surface area contributed by atoms with Gasteiger partial charge in [0.15, 0.2) is 5.75 Å². The van der Waals surface area contributed by atoms with E-state index in [9.17, 15) is 10.1 Å². The summed E-state index contributed by atoms with van der Waals surface area (Å²) in [4.78, 5) is 10.9. The molecule has 0 spiro atoms. The topological polar surface area (TPSA) is 73.6 Å². The molecule has 1 aromatic carbocycles. The predicted molar refractivity (Wildman–Crippen MR) is 76.3 cm³/mol. The lowest BCUT2D eigenvalue weighted by molar-refractivity contribution is -0.385. The maximum atomic E-state index is 11.3. The normalized spacial score (nSPS) is 16.1. The maximum Gasteiger partial charge on any atom is 0.333 e. The number of para-hydroxylation sites is 1. The fourth-order valence-electron chi connectivity index (χ4n) is 2.24. The SMILES string of the molecule is CC(C)Oc1cccc(NC2CCOCC2)c1[N+](=O)[O-]. The molecule has 1 heterocycles. The lowest BCUT2D eigenvalue weighted by atomic mass is 10.1. The van der Waals surface area contributed by atoms with E-state index in [0.717, 1.165) is 12.8 Å². The summed E-state index contributed by atoms with van der Waals surface area (Å²) in [6, 6.07) is 5.33. The third-order valence-electron chi connectivity index (χ3n) is 3.13. The van der Waals surface area contributed by atoms with Crippen LogP contribution in [0.25, 0.3) is 0 Å². The summed E-state index contributed by atoms with van der Waals surface area (Å²) in [5, 5.41) is 14.6. The van der Waals surface area contributed by atoms with Crippen LogP contribution in [0.1, 0.15) is 26.7 Å². The van der Waals surface area contributed by atoms with E-state index < -0.39 is 0 Å². The van der Waals surface area contributed by atoms with Gasteiger partial charge in [-0.3, -0.25) is 10.1 Å². The molecule has 2 rings (SSSR count). The first-order valence-corrected chi connectivity index (χ1v) is 6.86. The second kappa shape index (κ2) is 6.56. The van der Waals surface area contributed by atoms with Gasteiger partial charge in [0.25, 0.3) is 0 Å². The van der Waals surface area contributed by atoms with E-state index in [1.807, 2.05) is 13.8 Å². The highest BCUT2D eigenvalue weighted by Crippen LogP contribution is 2.36. The van der Waals surface area contributed by atoms with Crippen LogP contribution in [0.15, 0.2) is 18.2 Å². The summed E-state index contributed by atoms with van der Waals surface area (Å²) in [7, 11) is 0. The van der Waals surface area contributed by atoms with Crippen LogP contribution in [-0.4, -0.2) is 30.3 Å². The Morgan fingerprint density at radius 1 is 1.40 bits per heavy atom. The molecule has 0 aromatic heterocycles. The second-order valence-electron chi connectivity index (χ2n) is 5.11. The van der Waals surface area contributed by atoms with Gasteiger partial charge in [-0.2, -0.15) is 0 Å². The average Bonchev–Trinajstić information content (AvgIpc) is 2.39. The average molecular weight is 280 g/mol. The Balaban J connectivity index is 2.24. The number of nitro benzene ring substituents is 1. The number of nitrogens with one attached hydrogen (secondary N) is 1.